The summed E-state index contributed by atoms with van der Waals surface area (Å²) >= 11 is 0. The molecule has 14 heteroatoms. The van der Waals surface area contributed by atoms with Gasteiger partial charge in [-0.15, -0.1) is 0 Å². The molecule has 2 amide bonds. The second-order valence-corrected chi connectivity index (χ2v) is 12.9. The fourth-order valence-electron chi connectivity index (χ4n) is 8.19. The molecule has 4 aliphatic heterocycles. The van der Waals surface area contributed by atoms with Gasteiger partial charge in [-0.05, 0) is 26.2 Å². The number of nitrogens with one attached hydrogen (secondary N) is 1. The number of amides is 2. The normalized spacial score (nSPS) is 40.5. The number of carbonyl (C=O) groups is 4. The van der Waals surface area contributed by atoms with Gasteiger partial charge in [0.15, 0.2) is 5.78 Å². The third-order valence-corrected chi connectivity index (χ3v) is 10.3. The third kappa shape index (κ3) is 5.61. The van der Waals surface area contributed by atoms with Crippen LogP contribution in [0.25, 0.3) is 0 Å². The van der Waals surface area contributed by atoms with Gasteiger partial charge < -0.3 is 29.7 Å². The van der Waals surface area contributed by atoms with Crippen molar-refractivity contribution in [3.63, 3.8) is 0 Å². The first-order valence-electron chi connectivity index (χ1n) is 15.4. The highest BCUT2D eigenvalue weighted by Gasteiger charge is 2.57. The van der Waals surface area contributed by atoms with Crippen LogP contribution in [0.5, 0.6) is 0 Å². The maximum Gasteiger partial charge on any atom is 0.410 e. The fraction of sp³-hybridized carbons (Fsp3) is 0.793. The number of halogens is 2. The third-order valence-electron chi connectivity index (χ3n) is 10.3. The summed E-state index contributed by atoms with van der Waals surface area (Å²) in [4.78, 5) is 56.0. The van der Waals surface area contributed by atoms with Gasteiger partial charge in [0, 0.05) is 69.8 Å². The number of carbonyl (C=O) groups excluding carboxylic acids is 3. The van der Waals surface area contributed by atoms with E-state index in [1.807, 2.05) is 11.8 Å². The number of carboxylic acid groups (broad SMARTS) is 1. The molecule has 6 aliphatic rings. The topological polar surface area (TPSA) is 132 Å². The minimum Gasteiger partial charge on any atom is -0.478 e. The van der Waals surface area contributed by atoms with Crippen LogP contribution in [0.1, 0.15) is 39.5 Å². The van der Waals surface area contributed by atoms with Crippen LogP contribution in [0.15, 0.2) is 11.8 Å². The van der Waals surface area contributed by atoms with E-state index in [0.29, 0.717) is 52.2 Å². The molecule has 43 heavy (non-hydrogen) atoms. The lowest BCUT2D eigenvalue weighted by atomic mass is 9.71. The molecule has 0 aromatic carbocycles. The Hall–Kier alpha value is -2.84. The Morgan fingerprint density at radius 3 is 2.44 bits per heavy atom. The molecular weight excluding hydrogens is 568 g/mol. The highest BCUT2D eigenvalue weighted by atomic mass is 19.1. The largest absolute Gasteiger partial charge is 0.478 e. The van der Waals surface area contributed by atoms with Crippen LogP contribution in [-0.2, 0) is 23.9 Å². The maximum absolute atomic E-state index is 15.8. The number of morpholine rings is 1. The van der Waals surface area contributed by atoms with E-state index >= 15 is 8.78 Å². The van der Waals surface area contributed by atoms with Gasteiger partial charge in [-0.2, -0.15) is 0 Å². The molecule has 2 saturated carbocycles. The molecule has 238 valence electrons. The lowest BCUT2D eigenvalue weighted by Gasteiger charge is -2.57. The zero-order valence-electron chi connectivity index (χ0n) is 24.6. The molecule has 0 aromatic rings. The van der Waals surface area contributed by atoms with Crippen molar-refractivity contribution in [2.75, 3.05) is 45.9 Å². The Morgan fingerprint density at radius 1 is 1.05 bits per heavy atom. The standard InChI is InChI=1S/C29H41F2N5O7/c1-15-14-42-27-24-19(26(38)20(28(39)40)13-35(15)24)10-22(31)25(27)34-7-5-33(6-8-34)23-4-3-17(9-21(23)30)36-12-18(43-29(36)41)11-32-16(2)37/h13,15,17-19,21-25,27H,3-12,14H2,1-2H3,(H,32,37)(H,39,40)/t15?,17?,18-,19?,21?,22?,23?,24?,25?,27?/m0/s1. The number of hydrogen-bond acceptors (Lipinski definition) is 9. The van der Waals surface area contributed by atoms with E-state index in [-0.39, 0.29) is 49.0 Å². The smallest absolute Gasteiger partial charge is 0.410 e. The van der Waals surface area contributed by atoms with Gasteiger partial charge in [0.2, 0.25) is 5.91 Å². The Balaban J connectivity index is 1.06. The van der Waals surface area contributed by atoms with Gasteiger partial charge in [-0.1, -0.05) is 0 Å². The second-order valence-electron chi connectivity index (χ2n) is 12.9. The van der Waals surface area contributed by atoms with Crippen molar-refractivity contribution in [2.24, 2.45) is 5.92 Å². The van der Waals surface area contributed by atoms with E-state index in [4.69, 9.17) is 9.47 Å². The molecule has 0 radical (unpaired) electrons. The molecule has 5 fully saturated rings. The highest BCUT2D eigenvalue weighted by Crippen LogP contribution is 2.43. The molecule has 6 rings (SSSR count). The number of Topliss-reactive ketones (excluding diaryl/α,β-unsaturated/α-hetero) is 1. The molecule has 0 spiro atoms. The number of ketones is 1. The van der Waals surface area contributed by atoms with E-state index in [9.17, 15) is 24.3 Å². The molecule has 0 bridgehead atoms. The quantitative estimate of drug-likeness (QED) is 0.412. The first-order valence-corrected chi connectivity index (χ1v) is 15.4. The van der Waals surface area contributed by atoms with Crippen LogP contribution >= 0.6 is 0 Å². The van der Waals surface area contributed by atoms with Gasteiger partial charge in [0.05, 0.1) is 37.9 Å². The van der Waals surface area contributed by atoms with Crippen molar-refractivity contribution in [1.29, 1.82) is 0 Å². The number of nitrogens with zero attached hydrogens (tertiary/aromatic N) is 4. The van der Waals surface area contributed by atoms with Crippen LogP contribution in [0.2, 0.25) is 0 Å². The van der Waals surface area contributed by atoms with E-state index in [1.54, 1.807) is 4.90 Å². The maximum atomic E-state index is 15.8. The summed E-state index contributed by atoms with van der Waals surface area (Å²) in [6, 6.07) is -1.68. The van der Waals surface area contributed by atoms with Gasteiger partial charge in [-0.3, -0.25) is 19.4 Å². The first kappa shape index (κ1) is 30.2. The first-order chi connectivity index (χ1) is 20.5. The number of carboxylic acids is 1. The molecule has 9 unspecified atom stereocenters. The van der Waals surface area contributed by atoms with Crippen molar-refractivity contribution in [3.05, 3.63) is 11.8 Å². The fourth-order valence-corrected chi connectivity index (χ4v) is 8.19. The predicted octanol–water partition coefficient (Wildman–Crippen LogP) is 0.556. The molecule has 4 heterocycles. The molecule has 2 N–H and O–H groups in total. The van der Waals surface area contributed by atoms with Gasteiger partial charge >= 0.3 is 12.1 Å². The molecule has 10 atom stereocenters. The lowest BCUT2D eigenvalue weighted by Crippen LogP contribution is -2.72. The number of rotatable bonds is 6. The summed E-state index contributed by atoms with van der Waals surface area (Å²) in [5, 5.41) is 12.2. The Labute approximate surface area is 249 Å². The number of alkyl halides is 2. The van der Waals surface area contributed by atoms with Crippen LogP contribution in [0, 0.1) is 5.92 Å². The number of hydrogen-bond donors (Lipinski definition) is 2. The monoisotopic (exact) mass is 609 g/mol. The van der Waals surface area contributed by atoms with E-state index in [2.05, 4.69) is 15.1 Å². The van der Waals surface area contributed by atoms with Crippen molar-refractivity contribution in [1.82, 2.24) is 24.9 Å². The van der Waals surface area contributed by atoms with E-state index < -0.39 is 60.4 Å². The summed E-state index contributed by atoms with van der Waals surface area (Å²) in [7, 11) is 0. The van der Waals surface area contributed by atoms with Crippen LogP contribution in [0.3, 0.4) is 0 Å². The minimum atomic E-state index is -1.36. The average Bonchev–Trinajstić information content (AvgIpc) is 3.35. The number of aliphatic carboxylic acids is 1. The summed E-state index contributed by atoms with van der Waals surface area (Å²) in [5.41, 5.74) is -0.296. The van der Waals surface area contributed by atoms with E-state index in [0.717, 1.165) is 0 Å². The molecule has 2 aliphatic carbocycles. The SMILES string of the molecule is CC(=O)NC[C@H]1CN(C2CCC(N3CCN(C4C(F)CC5C(=O)C(C(=O)O)=CN6C(C)COC4C56)CC3)C(F)C2)C(=O)O1. The zero-order chi connectivity index (χ0) is 30.6. The predicted molar refractivity (Wildman–Crippen MR) is 147 cm³/mol. The summed E-state index contributed by atoms with van der Waals surface area (Å²) in [6.45, 7) is 6.35. The van der Waals surface area contributed by atoms with Gasteiger partial charge in [0.25, 0.3) is 0 Å². The minimum absolute atomic E-state index is 0.0523. The van der Waals surface area contributed by atoms with Gasteiger partial charge in [0.1, 0.15) is 24.0 Å². The Kier molecular flexibility index (Phi) is 8.37. The van der Waals surface area contributed by atoms with Crippen molar-refractivity contribution in [2.45, 2.75) is 94.3 Å². The van der Waals surface area contributed by atoms with Gasteiger partial charge in [-0.25, -0.2) is 18.4 Å². The Morgan fingerprint density at radius 2 is 1.77 bits per heavy atom. The Bertz CT molecular complexity index is 1170. The van der Waals surface area contributed by atoms with E-state index in [1.165, 1.54) is 13.1 Å². The van der Waals surface area contributed by atoms with Crippen molar-refractivity contribution in [3.8, 4) is 0 Å². The van der Waals surface area contributed by atoms with Crippen LogP contribution in [0.4, 0.5) is 13.6 Å². The van der Waals surface area contributed by atoms with Crippen LogP contribution in [-0.4, -0.2) is 149 Å². The molecule has 0 aromatic heterocycles. The average molecular weight is 610 g/mol. The number of ether oxygens (including phenoxy) is 2. The van der Waals surface area contributed by atoms with Crippen LogP contribution < -0.4 is 5.32 Å². The molecular formula is C29H41F2N5O7. The van der Waals surface area contributed by atoms with Crippen molar-refractivity contribution >= 4 is 23.8 Å². The molecule has 3 saturated heterocycles. The highest BCUT2D eigenvalue weighted by molar-refractivity contribution is 6.18. The van der Waals surface area contributed by atoms with Crippen molar-refractivity contribution < 1.29 is 42.5 Å². The summed E-state index contributed by atoms with van der Waals surface area (Å²) < 4.78 is 43.0. The number of cyclic esters (lactones) is 1. The summed E-state index contributed by atoms with van der Waals surface area (Å²) in [5.74, 6) is -2.80. The zero-order valence-corrected chi connectivity index (χ0v) is 24.6. The second kappa shape index (κ2) is 11.9. The summed E-state index contributed by atoms with van der Waals surface area (Å²) in [6.07, 6.45) is -1.16. The lowest BCUT2D eigenvalue weighted by molar-refractivity contribution is -0.178. The molecule has 12 nitrogen and oxygen atoms in total. The number of piperazine rings is 1.